The van der Waals surface area contributed by atoms with Gasteiger partial charge in [-0.1, -0.05) is 167 Å². The van der Waals surface area contributed by atoms with E-state index in [2.05, 4.69) is 30.5 Å². The SMILES string of the molecule is CCCCCCCCCCCCCCCCCCCCCCCCCCCC=CC1=CC=C[N]1. The number of hydrogen-bond acceptors (Lipinski definition) is 0. The molecule has 0 unspecified atom stereocenters. The molecule has 1 heteroatoms. The van der Waals surface area contributed by atoms with Crippen LogP contribution in [0, 0.1) is 0 Å². The minimum absolute atomic E-state index is 1.10. The fourth-order valence-corrected chi connectivity index (χ4v) is 5.02. The highest BCUT2D eigenvalue weighted by molar-refractivity contribution is 5.28. The molecule has 0 amide bonds. The van der Waals surface area contributed by atoms with Gasteiger partial charge in [-0.25, -0.2) is 0 Å². The molecule has 0 aromatic rings. The minimum atomic E-state index is 1.10. The first-order valence-corrected chi connectivity index (χ1v) is 15.7. The van der Waals surface area contributed by atoms with Crippen molar-refractivity contribution in [3.05, 3.63) is 36.2 Å². The summed E-state index contributed by atoms with van der Waals surface area (Å²) in [5.41, 5.74) is 1.10. The molecule has 0 atom stereocenters. The van der Waals surface area contributed by atoms with Crippen molar-refractivity contribution in [2.45, 2.75) is 174 Å². The van der Waals surface area contributed by atoms with Crippen LogP contribution in [0.1, 0.15) is 174 Å². The van der Waals surface area contributed by atoms with Gasteiger partial charge in [-0.2, -0.15) is 0 Å². The molecule has 197 valence electrons. The first-order chi connectivity index (χ1) is 16.9. The lowest BCUT2D eigenvalue weighted by Crippen LogP contribution is -1.86. The highest BCUT2D eigenvalue weighted by atomic mass is 14.9. The summed E-state index contributed by atoms with van der Waals surface area (Å²) in [6.45, 7) is 2.30. The Kier molecular flexibility index (Phi) is 24.3. The van der Waals surface area contributed by atoms with Crippen molar-refractivity contribution in [1.82, 2.24) is 5.32 Å². The molecule has 1 aliphatic rings. The number of allylic oxidation sites excluding steroid dienone is 4. The quantitative estimate of drug-likeness (QED) is 0.106. The summed E-state index contributed by atoms with van der Waals surface area (Å²) < 4.78 is 0. The first-order valence-electron chi connectivity index (χ1n) is 15.7. The van der Waals surface area contributed by atoms with Gasteiger partial charge in [0.25, 0.3) is 0 Å². The van der Waals surface area contributed by atoms with Crippen LogP contribution in [0.2, 0.25) is 0 Å². The Morgan fingerprint density at radius 1 is 0.500 bits per heavy atom. The lowest BCUT2D eigenvalue weighted by atomic mass is 10.0. The van der Waals surface area contributed by atoms with Crippen molar-refractivity contribution in [3.8, 4) is 0 Å². The zero-order valence-electron chi connectivity index (χ0n) is 23.2. The molecule has 0 spiro atoms. The Bertz CT molecular complexity index is 487. The van der Waals surface area contributed by atoms with Crippen molar-refractivity contribution in [3.63, 3.8) is 0 Å². The third kappa shape index (κ3) is 22.8. The lowest BCUT2D eigenvalue weighted by molar-refractivity contribution is 0.516. The number of nitrogens with zero attached hydrogens (tertiary/aromatic N) is 1. The van der Waals surface area contributed by atoms with Crippen LogP contribution in [0.4, 0.5) is 0 Å². The van der Waals surface area contributed by atoms with E-state index in [1.165, 1.54) is 167 Å². The van der Waals surface area contributed by atoms with Gasteiger partial charge in [-0.05, 0) is 31.1 Å². The number of hydrogen-bond donors (Lipinski definition) is 0. The number of unbranched alkanes of at least 4 members (excludes halogenated alkanes) is 25. The smallest absolute Gasteiger partial charge is 0.0626 e. The third-order valence-electron chi connectivity index (χ3n) is 7.34. The molecule has 0 saturated heterocycles. The third-order valence-corrected chi connectivity index (χ3v) is 7.34. The largest absolute Gasteiger partial charge is 0.257 e. The summed E-state index contributed by atoms with van der Waals surface area (Å²) in [4.78, 5) is 0. The zero-order chi connectivity index (χ0) is 24.2. The van der Waals surface area contributed by atoms with E-state index in [-0.39, 0.29) is 0 Å². The van der Waals surface area contributed by atoms with Crippen LogP contribution in [0.15, 0.2) is 36.2 Å². The lowest BCUT2D eigenvalue weighted by Gasteiger charge is -2.04. The van der Waals surface area contributed by atoms with E-state index in [9.17, 15) is 0 Å². The molecule has 0 aromatic carbocycles. The summed E-state index contributed by atoms with van der Waals surface area (Å²) in [5.74, 6) is 0. The first kappa shape index (κ1) is 31.1. The maximum Gasteiger partial charge on any atom is 0.0626 e. The Hall–Kier alpha value is -0.980. The summed E-state index contributed by atoms with van der Waals surface area (Å²) >= 11 is 0. The monoisotopic (exact) mass is 470 g/mol. The summed E-state index contributed by atoms with van der Waals surface area (Å²) in [5, 5.41) is 4.26. The van der Waals surface area contributed by atoms with E-state index >= 15 is 0 Å². The van der Waals surface area contributed by atoms with Crippen molar-refractivity contribution < 1.29 is 0 Å². The van der Waals surface area contributed by atoms with Crippen LogP contribution < -0.4 is 5.32 Å². The Morgan fingerprint density at radius 3 is 1.18 bits per heavy atom. The molecule has 1 rings (SSSR count). The summed E-state index contributed by atoms with van der Waals surface area (Å²) in [7, 11) is 0. The fourth-order valence-electron chi connectivity index (χ4n) is 5.02. The van der Waals surface area contributed by atoms with E-state index in [1.807, 2.05) is 12.3 Å². The topological polar surface area (TPSA) is 14.1 Å². The van der Waals surface area contributed by atoms with E-state index < -0.39 is 0 Å². The number of rotatable bonds is 27. The van der Waals surface area contributed by atoms with Gasteiger partial charge in [0.05, 0.1) is 5.70 Å². The molecule has 1 heterocycles. The second-order valence-electron chi connectivity index (χ2n) is 10.7. The maximum absolute atomic E-state index is 4.26. The van der Waals surface area contributed by atoms with Gasteiger partial charge in [-0.3, -0.25) is 5.32 Å². The Balaban J connectivity index is 1.63. The fraction of sp³-hybridized carbons (Fsp3) is 0.818. The maximum atomic E-state index is 4.26. The van der Waals surface area contributed by atoms with Crippen LogP contribution >= 0.6 is 0 Å². The van der Waals surface area contributed by atoms with Gasteiger partial charge >= 0.3 is 0 Å². The van der Waals surface area contributed by atoms with Crippen LogP contribution in [-0.2, 0) is 0 Å². The second kappa shape index (κ2) is 26.6. The van der Waals surface area contributed by atoms with E-state index in [0.717, 1.165) is 5.70 Å². The van der Waals surface area contributed by atoms with Gasteiger partial charge in [0.2, 0.25) is 0 Å². The molecule has 1 radical (unpaired) electrons. The molecule has 0 saturated carbocycles. The molecular weight excluding hydrogens is 410 g/mol. The highest BCUT2D eigenvalue weighted by Gasteiger charge is 1.97. The Morgan fingerprint density at radius 2 is 0.853 bits per heavy atom. The molecule has 0 bridgehead atoms. The summed E-state index contributed by atoms with van der Waals surface area (Å²) in [6.07, 6.45) is 48.0. The van der Waals surface area contributed by atoms with E-state index in [1.54, 1.807) is 0 Å². The molecule has 0 fully saturated rings. The average Bonchev–Trinajstić information content (AvgIpc) is 3.37. The van der Waals surface area contributed by atoms with Crippen molar-refractivity contribution in [2.24, 2.45) is 0 Å². The normalized spacial score (nSPS) is 13.1. The van der Waals surface area contributed by atoms with E-state index in [0.29, 0.717) is 0 Å². The molecule has 0 aliphatic carbocycles. The van der Waals surface area contributed by atoms with Gasteiger partial charge in [-0.15, -0.1) is 0 Å². The minimum Gasteiger partial charge on any atom is -0.257 e. The molecule has 0 N–H and O–H groups in total. The van der Waals surface area contributed by atoms with Gasteiger partial charge in [0, 0.05) is 6.20 Å². The van der Waals surface area contributed by atoms with Crippen molar-refractivity contribution >= 4 is 0 Å². The molecular formula is C33H60N. The van der Waals surface area contributed by atoms with Crippen LogP contribution in [0.3, 0.4) is 0 Å². The standard InChI is InChI=1S/C33H60N/c1-2-3-4-5-6-7-8-9-10-11-12-13-14-15-16-17-18-19-20-21-22-23-24-25-26-27-28-30-33-31-29-32-34-33/h28-32H,2-27H2,1H3. The second-order valence-corrected chi connectivity index (χ2v) is 10.7. The van der Waals surface area contributed by atoms with E-state index in [4.69, 9.17) is 0 Å². The molecule has 34 heavy (non-hydrogen) atoms. The Labute approximate surface area is 215 Å². The van der Waals surface area contributed by atoms with Crippen LogP contribution in [-0.4, -0.2) is 0 Å². The van der Waals surface area contributed by atoms with Gasteiger partial charge in [0.1, 0.15) is 0 Å². The molecule has 0 aromatic heterocycles. The van der Waals surface area contributed by atoms with Crippen LogP contribution in [0.25, 0.3) is 0 Å². The van der Waals surface area contributed by atoms with Crippen molar-refractivity contribution in [2.75, 3.05) is 0 Å². The van der Waals surface area contributed by atoms with Gasteiger partial charge < -0.3 is 0 Å². The predicted molar refractivity (Wildman–Crippen MR) is 154 cm³/mol. The average molecular weight is 471 g/mol. The highest BCUT2D eigenvalue weighted by Crippen LogP contribution is 2.16. The van der Waals surface area contributed by atoms with Gasteiger partial charge in [0.15, 0.2) is 0 Å². The molecule has 1 aliphatic heterocycles. The zero-order valence-corrected chi connectivity index (χ0v) is 23.2. The van der Waals surface area contributed by atoms with Crippen molar-refractivity contribution in [1.29, 1.82) is 0 Å². The predicted octanol–water partition coefficient (Wildman–Crippen LogP) is 11.7. The molecule has 1 nitrogen and oxygen atoms in total. The van der Waals surface area contributed by atoms with Crippen LogP contribution in [0.5, 0.6) is 0 Å². The summed E-state index contributed by atoms with van der Waals surface area (Å²) in [6, 6.07) is 0.